The number of benzene rings is 2. The Balaban J connectivity index is 2.00. The minimum absolute atomic E-state index is 0.103. The maximum Gasteiger partial charge on any atom is 0.394 e. The van der Waals surface area contributed by atoms with Gasteiger partial charge in [0.25, 0.3) is 0 Å². The van der Waals surface area contributed by atoms with Crippen LogP contribution in [0.3, 0.4) is 0 Å². The van der Waals surface area contributed by atoms with Crippen molar-refractivity contribution in [2.45, 2.75) is 46.3 Å². The number of hydrogen-bond donors (Lipinski definition) is 1. The molecule has 1 unspecified atom stereocenters. The van der Waals surface area contributed by atoms with Gasteiger partial charge >= 0.3 is 6.11 Å². The molecular weight excluding hydrogens is 386 g/mol. The molecule has 1 heterocycles. The van der Waals surface area contributed by atoms with Crippen LogP contribution in [-0.4, -0.2) is 21.2 Å². The van der Waals surface area contributed by atoms with Gasteiger partial charge in [0, 0.05) is 24.9 Å². The van der Waals surface area contributed by atoms with Crippen LogP contribution in [0, 0.1) is 12.3 Å². The van der Waals surface area contributed by atoms with E-state index in [9.17, 15) is 13.9 Å². The maximum atomic E-state index is 13.0. The second-order valence-corrected chi connectivity index (χ2v) is 8.55. The van der Waals surface area contributed by atoms with Crippen LogP contribution < -0.4 is 4.74 Å². The second-order valence-electron chi connectivity index (χ2n) is 8.55. The van der Waals surface area contributed by atoms with Gasteiger partial charge < -0.3 is 9.84 Å². The second kappa shape index (κ2) is 7.76. The lowest BCUT2D eigenvalue weighted by molar-refractivity contribution is -0.158. The summed E-state index contributed by atoms with van der Waals surface area (Å²) in [7, 11) is 0. The van der Waals surface area contributed by atoms with E-state index in [0.717, 1.165) is 22.3 Å². The number of hydrogen-bond acceptors (Lipinski definition) is 4. The molecule has 0 radical (unpaired) electrons. The molecule has 0 aliphatic rings. The summed E-state index contributed by atoms with van der Waals surface area (Å²) in [5.41, 5.74) is 2.24. The molecule has 4 nitrogen and oxygen atoms in total. The quantitative estimate of drug-likeness (QED) is 0.582. The van der Waals surface area contributed by atoms with Crippen molar-refractivity contribution in [3.05, 3.63) is 77.9 Å². The van der Waals surface area contributed by atoms with Crippen molar-refractivity contribution < 1.29 is 18.6 Å². The topological polar surface area (TPSA) is 55.2 Å². The first kappa shape index (κ1) is 21.8. The van der Waals surface area contributed by atoms with E-state index in [2.05, 4.69) is 14.7 Å². The fourth-order valence-corrected chi connectivity index (χ4v) is 3.65. The molecule has 0 saturated heterocycles. The Labute approximate surface area is 175 Å². The maximum absolute atomic E-state index is 13.0. The van der Waals surface area contributed by atoms with Crippen LogP contribution in [-0.2, 0) is 5.60 Å². The standard InChI is InChI=1S/C24H26F2N2O2/c1-16-12-18(17-6-9-20(10-7-17)30-23(5,25)26)8-11-21(16)24(29,22(2,3)4)19-13-27-15-28-14-19/h6-15,29H,1-5H3. The Kier molecular flexibility index (Phi) is 5.65. The van der Waals surface area contributed by atoms with Gasteiger partial charge in [0.15, 0.2) is 0 Å². The van der Waals surface area contributed by atoms with Gasteiger partial charge in [0.1, 0.15) is 17.7 Å². The van der Waals surface area contributed by atoms with Gasteiger partial charge in [-0.1, -0.05) is 51.1 Å². The summed E-state index contributed by atoms with van der Waals surface area (Å²) >= 11 is 0. The zero-order valence-electron chi connectivity index (χ0n) is 17.8. The smallest absolute Gasteiger partial charge is 0.394 e. The van der Waals surface area contributed by atoms with E-state index in [-0.39, 0.29) is 5.75 Å². The fraction of sp³-hybridized carbons (Fsp3) is 0.333. The molecule has 0 aliphatic carbocycles. The largest absolute Gasteiger partial charge is 0.433 e. The summed E-state index contributed by atoms with van der Waals surface area (Å²) in [6, 6.07) is 12.3. The molecule has 3 aromatic rings. The van der Waals surface area contributed by atoms with Crippen LogP contribution in [0.25, 0.3) is 11.1 Å². The first-order chi connectivity index (χ1) is 13.9. The highest BCUT2D eigenvalue weighted by Crippen LogP contribution is 2.46. The lowest BCUT2D eigenvalue weighted by atomic mass is 9.68. The Morgan fingerprint density at radius 1 is 0.867 bits per heavy atom. The van der Waals surface area contributed by atoms with Crippen molar-refractivity contribution in [1.82, 2.24) is 9.97 Å². The molecule has 0 aliphatic heterocycles. The summed E-state index contributed by atoms with van der Waals surface area (Å²) in [4.78, 5) is 8.16. The average Bonchev–Trinajstić information content (AvgIpc) is 2.66. The van der Waals surface area contributed by atoms with E-state index < -0.39 is 17.1 Å². The third kappa shape index (κ3) is 4.33. The van der Waals surface area contributed by atoms with Gasteiger partial charge in [0.05, 0.1) is 0 Å². The molecule has 1 aromatic heterocycles. The monoisotopic (exact) mass is 412 g/mol. The van der Waals surface area contributed by atoms with Crippen molar-refractivity contribution >= 4 is 0 Å². The van der Waals surface area contributed by atoms with E-state index >= 15 is 0 Å². The Morgan fingerprint density at radius 2 is 1.43 bits per heavy atom. The van der Waals surface area contributed by atoms with Gasteiger partial charge in [-0.2, -0.15) is 8.78 Å². The first-order valence-corrected chi connectivity index (χ1v) is 9.68. The summed E-state index contributed by atoms with van der Waals surface area (Å²) in [5.74, 6) is 0.103. The lowest BCUT2D eigenvalue weighted by Gasteiger charge is -2.41. The number of aliphatic hydroxyl groups is 1. The van der Waals surface area contributed by atoms with Crippen molar-refractivity contribution in [3.63, 3.8) is 0 Å². The van der Waals surface area contributed by atoms with Gasteiger partial charge in [-0.05, 0) is 46.7 Å². The van der Waals surface area contributed by atoms with Gasteiger partial charge in [0.2, 0.25) is 0 Å². The molecule has 1 N–H and O–H groups in total. The molecule has 30 heavy (non-hydrogen) atoms. The highest BCUT2D eigenvalue weighted by atomic mass is 19.3. The van der Waals surface area contributed by atoms with Crippen molar-refractivity contribution in [3.8, 4) is 16.9 Å². The van der Waals surface area contributed by atoms with E-state index in [1.807, 2.05) is 45.9 Å². The number of aromatic nitrogens is 2. The van der Waals surface area contributed by atoms with E-state index in [0.29, 0.717) is 12.5 Å². The van der Waals surface area contributed by atoms with Gasteiger partial charge in [-0.3, -0.25) is 0 Å². The van der Waals surface area contributed by atoms with Crippen molar-refractivity contribution in [1.29, 1.82) is 0 Å². The summed E-state index contributed by atoms with van der Waals surface area (Å²) in [6.45, 7) is 8.55. The molecule has 2 aromatic carbocycles. The van der Waals surface area contributed by atoms with Crippen LogP contribution in [0.1, 0.15) is 44.4 Å². The zero-order valence-corrected chi connectivity index (χ0v) is 17.8. The number of aryl methyl sites for hydroxylation is 1. The molecule has 0 bridgehead atoms. The molecule has 0 spiro atoms. The number of halogens is 2. The van der Waals surface area contributed by atoms with Gasteiger partial charge in [-0.25, -0.2) is 9.97 Å². The lowest BCUT2D eigenvalue weighted by Crippen LogP contribution is -2.42. The average molecular weight is 412 g/mol. The first-order valence-electron chi connectivity index (χ1n) is 9.68. The molecule has 6 heteroatoms. The van der Waals surface area contributed by atoms with E-state index in [1.165, 1.54) is 18.5 Å². The summed E-state index contributed by atoms with van der Waals surface area (Å²) in [6.07, 6.45) is 1.48. The summed E-state index contributed by atoms with van der Waals surface area (Å²) in [5, 5.41) is 11.8. The SMILES string of the molecule is Cc1cc(-c2ccc(OC(C)(F)F)cc2)ccc1C(O)(c1cncnc1)C(C)(C)C. The van der Waals surface area contributed by atoms with Crippen molar-refractivity contribution in [2.75, 3.05) is 0 Å². The minimum atomic E-state index is -3.22. The van der Waals surface area contributed by atoms with Crippen LogP contribution in [0.5, 0.6) is 5.75 Å². The van der Waals surface area contributed by atoms with E-state index in [1.54, 1.807) is 24.5 Å². The molecule has 0 saturated carbocycles. The predicted molar refractivity (Wildman–Crippen MR) is 112 cm³/mol. The fourth-order valence-electron chi connectivity index (χ4n) is 3.65. The Morgan fingerprint density at radius 3 is 1.93 bits per heavy atom. The van der Waals surface area contributed by atoms with Crippen LogP contribution >= 0.6 is 0 Å². The summed E-state index contributed by atoms with van der Waals surface area (Å²) < 4.78 is 30.6. The molecule has 0 amide bonds. The van der Waals surface area contributed by atoms with E-state index in [4.69, 9.17) is 0 Å². The third-order valence-electron chi connectivity index (χ3n) is 5.16. The molecule has 1 atom stereocenters. The number of alkyl halides is 2. The minimum Gasteiger partial charge on any atom is -0.433 e. The molecular formula is C24H26F2N2O2. The van der Waals surface area contributed by atoms with Gasteiger partial charge in [-0.15, -0.1) is 0 Å². The molecule has 0 fully saturated rings. The third-order valence-corrected chi connectivity index (χ3v) is 5.16. The predicted octanol–water partition coefficient (Wildman–Crippen LogP) is 5.73. The Bertz CT molecular complexity index is 1010. The number of rotatable bonds is 5. The highest BCUT2D eigenvalue weighted by molar-refractivity contribution is 5.66. The molecule has 3 rings (SSSR count). The normalized spacial score (nSPS) is 14.3. The Hall–Kier alpha value is -2.86. The van der Waals surface area contributed by atoms with Crippen LogP contribution in [0.15, 0.2) is 61.2 Å². The number of ether oxygens (including phenoxy) is 1. The highest BCUT2D eigenvalue weighted by Gasteiger charge is 2.44. The van der Waals surface area contributed by atoms with Crippen LogP contribution in [0.4, 0.5) is 8.78 Å². The molecule has 158 valence electrons. The van der Waals surface area contributed by atoms with Crippen LogP contribution in [0.2, 0.25) is 0 Å². The number of nitrogens with zero attached hydrogens (tertiary/aromatic N) is 2. The zero-order chi connectivity index (χ0) is 22.2. The van der Waals surface area contributed by atoms with Crippen molar-refractivity contribution in [2.24, 2.45) is 5.41 Å².